The lowest BCUT2D eigenvalue weighted by atomic mass is 10.1. The molecule has 0 N–H and O–H groups in total. The highest BCUT2D eigenvalue weighted by atomic mass is 19.1. The van der Waals surface area contributed by atoms with E-state index in [9.17, 15) is 13.2 Å². The first-order valence-corrected chi connectivity index (χ1v) is 4.25. The van der Waals surface area contributed by atoms with E-state index in [2.05, 4.69) is 4.98 Å². The number of nitrogens with zero attached hydrogens (tertiary/aromatic N) is 1. The molecule has 0 saturated heterocycles. The van der Waals surface area contributed by atoms with E-state index in [0.717, 1.165) is 12.1 Å². The van der Waals surface area contributed by atoms with E-state index in [4.69, 9.17) is 0 Å². The van der Waals surface area contributed by atoms with Crippen molar-refractivity contribution in [3.8, 4) is 11.1 Å². The minimum absolute atomic E-state index is 0.0468. The van der Waals surface area contributed by atoms with E-state index in [1.807, 2.05) is 0 Å². The van der Waals surface area contributed by atoms with Crippen molar-refractivity contribution in [1.29, 1.82) is 0 Å². The van der Waals surface area contributed by atoms with Crippen LogP contribution in [-0.4, -0.2) is 4.98 Å². The molecule has 0 bridgehead atoms. The summed E-state index contributed by atoms with van der Waals surface area (Å²) >= 11 is 0. The summed E-state index contributed by atoms with van der Waals surface area (Å²) in [6.07, 6.45) is 0. The fourth-order valence-electron chi connectivity index (χ4n) is 1.29. The molecule has 4 heteroatoms. The van der Waals surface area contributed by atoms with Crippen molar-refractivity contribution in [3.05, 3.63) is 54.1 Å². The van der Waals surface area contributed by atoms with Gasteiger partial charge in [-0.25, -0.2) is 4.39 Å². The van der Waals surface area contributed by atoms with Crippen molar-refractivity contribution in [3.63, 3.8) is 0 Å². The van der Waals surface area contributed by atoms with Gasteiger partial charge in [0.15, 0.2) is 0 Å². The average Bonchev–Trinajstić information content (AvgIpc) is 2.20. The number of benzene rings is 1. The Kier molecular flexibility index (Phi) is 2.41. The van der Waals surface area contributed by atoms with E-state index in [0.29, 0.717) is 0 Å². The zero-order valence-electron chi connectivity index (χ0n) is 7.55. The molecule has 0 aliphatic carbocycles. The molecular formula is C11H6F3N. The van der Waals surface area contributed by atoms with Crippen LogP contribution >= 0.6 is 0 Å². The Labute approximate surface area is 84.2 Å². The van der Waals surface area contributed by atoms with E-state index in [1.54, 1.807) is 6.07 Å². The molecule has 0 atom stereocenters. The predicted molar refractivity (Wildman–Crippen MR) is 49.5 cm³/mol. The number of hydrogen-bond acceptors (Lipinski definition) is 1. The molecule has 1 aromatic heterocycles. The van der Waals surface area contributed by atoms with Crippen molar-refractivity contribution in [2.24, 2.45) is 0 Å². The van der Waals surface area contributed by atoms with Crippen molar-refractivity contribution in [2.45, 2.75) is 0 Å². The van der Waals surface area contributed by atoms with Gasteiger partial charge >= 0.3 is 0 Å². The molecule has 2 aromatic rings. The molecule has 0 fully saturated rings. The highest BCUT2D eigenvalue weighted by Crippen LogP contribution is 2.24. The SMILES string of the molecule is Fc1ccc(-c2ccccc2F)c(F)n1. The molecule has 0 unspecified atom stereocenters. The molecule has 15 heavy (non-hydrogen) atoms. The van der Waals surface area contributed by atoms with Gasteiger partial charge in [-0.3, -0.25) is 0 Å². The molecule has 0 radical (unpaired) electrons. The van der Waals surface area contributed by atoms with E-state index < -0.39 is 17.7 Å². The summed E-state index contributed by atoms with van der Waals surface area (Å²) in [5.41, 5.74) is 0.0250. The zero-order chi connectivity index (χ0) is 10.8. The second kappa shape index (κ2) is 3.73. The fraction of sp³-hybridized carbons (Fsp3) is 0. The van der Waals surface area contributed by atoms with Crippen LogP contribution in [0.4, 0.5) is 13.2 Å². The lowest BCUT2D eigenvalue weighted by Gasteiger charge is -2.03. The van der Waals surface area contributed by atoms with Gasteiger partial charge < -0.3 is 0 Å². The monoisotopic (exact) mass is 209 g/mol. The molecule has 0 aliphatic rings. The lowest BCUT2D eigenvalue weighted by molar-refractivity contribution is 0.514. The fourth-order valence-corrected chi connectivity index (χ4v) is 1.29. The lowest BCUT2D eigenvalue weighted by Crippen LogP contribution is -1.93. The van der Waals surface area contributed by atoms with Gasteiger partial charge in [0, 0.05) is 11.1 Å². The smallest absolute Gasteiger partial charge is 0.206 e. The molecule has 0 spiro atoms. The average molecular weight is 209 g/mol. The third kappa shape index (κ3) is 1.83. The maximum absolute atomic E-state index is 13.3. The Bertz CT molecular complexity index is 497. The van der Waals surface area contributed by atoms with Gasteiger partial charge in [0.05, 0.1) is 0 Å². The highest BCUT2D eigenvalue weighted by molar-refractivity contribution is 5.63. The topological polar surface area (TPSA) is 12.9 Å². The van der Waals surface area contributed by atoms with Crippen molar-refractivity contribution in [1.82, 2.24) is 4.98 Å². The third-order valence-electron chi connectivity index (χ3n) is 1.98. The largest absolute Gasteiger partial charge is 0.223 e. The quantitative estimate of drug-likeness (QED) is 0.657. The van der Waals surface area contributed by atoms with Gasteiger partial charge in [-0.2, -0.15) is 13.8 Å². The summed E-state index contributed by atoms with van der Waals surface area (Å²) in [5.74, 6) is -2.50. The number of halogens is 3. The standard InChI is InChI=1S/C11H6F3N/c12-9-4-2-1-3-7(9)8-5-6-10(13)15-11(8)14/h1-6H. The molecule has 1 heterocycles. The van der Waals surface area contributed by atoms with Crippen LogP contribution < -0.4 is 0 Å². The first kappa shape index (κ1) is 9.71. The van der Waals surface area contributed by atoms with Gasteiger partial charge in [0.25, 0.3) is 0 Å². The molecular weight excluding hydrogens is 203 g/mol. The number of rotatable bonds is 1. The van der Waals surface area contributed by atoms with Crippen LogP contribution in [0.2, 0.25) is 0 Å². The molecule has 76 valence electrons. The maximum Gasteiger partial charge on any atom is 0.223 e. The van der Waals surface area contributed by atoms with Crippen molar-refractivity contribution in [2.75, 3.05) is 0 Å². The first-order chi connectivity index (χ1) is 7.18. The second-order valence-electron chi connectivity index (χ2n) is 2.95. The van der Waals surface area contributed by atoms with Gasteiger partial charge in [0.1, 0.15) is 5.82 Å². The third-order valence-corrected chi connectivity index (χ3v) is 1.98. The van der Waals surface area contributed by atoms with Crippen LogP contribution in [0.1, 0.15) is 0 Å². The predicted octanol–water partition coefficient (Wildman–Crippen LogP) is 3.17. The Morgan fingerprint density at radius 1 is 0.800 bits per heavy atom. The van der Waals surface area contributed by atoms with Crippen LogP contribution in [0, 0.1) is 17.7 Å². The van der Waals surface area contributed by atoms with Crippen LogP contribution in [-0.2, 0) is 0 Å². The molecule has 1 aromatic carbocycles. The Morgan fingerprint density at radius 3 is 2.20 bits per heavy atom. The van der Waals surface area contributed by atoms with Crippen LogP contribution in [0.5, 0.6) is 0 Å². The van der Waals surface area contributed by atoms with Crippen LogP contribution in [0.3, 0.4) is 0 Å². The van der Waals surface area contributed by atoms with Crippen molar-refractivity contribution >= 4 is 0 Å². The minimum Gasteiger partial charge on any atom is -0.206 e. The van der Waals surface area contributed by atoms with E-state index in [-0.39, 0.29) is 11.1 Å². The van der Waals surface area contributed by atoms with Gasteiger partial charge in [-0.05, 0) is 18.2 Å². The minimum atomic E-state index is -1.01. The number of pyridine rings is 1. The number of hydrogen-bond donors (Lipinski definition) is 0. The summed E-state index contributed by atoms with van der Waals surface area (Å²) in [6, 6.07) is 7.83. The normalized spacial score (nSPS) is 10.3. The summed E-state index contributed by atoms with van der Waals surface area (Å²) in [6.45, 7) is 0. The molecule has 1 nitrogen and oxygen atoms in total. The van der Waals surface area contributed by atoms with E-state index >= 15 is 0 Å². The zero-order valence-corrected chi connectivity index (χ0v) is 7.55. The second-order valence-corrected chi connectivity index (χ2v) is 2.95. The summed E-state index contributed by atoms with van der Waals surface area (Å²) in [7, 11) is 0. The van der Waals surface area contributed by atoms with E-state index in [1.165, 1.54) is 18.2 Å². The van der Waals surface area contributed by atoms with Crippen LogP contribution in [0.15, 0.2) is 36.4 Å². The molecule has 2 rings (SSSR count). The summed E-state index contributed by atoms with van der Waals surface area (Å²) in [5, 5.41) is 0. The molecule has 0 aliphatic heterocycles. The maximum atomic E-state index is 13.3. The Balaban J connectivity index is 2.60. The highest BCUT2D eigenvalue weighted by Gasteiger charge is 2.10. The Morgan fingerprint density at radius 2 is 1.53 bits per heavy atom. The summed E-state index contributed by atoms with van der Waals surface area (Å²) in [4.78, 5) is 2.99. The van der Waals surface area contributed by atoms with Gasteiger partial charge in [-0.1, -0.05) is 18.2 Å². The van der Waals surface area contributed by atoms with Gasteiger partial charge in [-0.15, -0.1) is 0 Å². The van der Waals surface area contributed by atoms with Gasteiger partial charge in [0.2, 0.25) is 11.9 Å². The van der Waals surface area contributed by atoms with Crippen LogP contribution in [0.25, 0.3) is 11.1 Å². The molecule has 0 amide bonds. The number of aromatic nitrogens is 1. The molecule has 0 saturated carbocycles. The first-order valence-electron chi connectivity index (χ1n) is 4.25. The summed E-state index contributed by atoms with van der Waals surface area (Å²) < 4.78 is 39.0. The Hall–Kier alpha value is -1.84. The van der Waals surface area contributed by atoms with Crippen molar-refractivity contribution < 1.29 is 13.2 Å².